The van der Waals surface area contributed by atoms with Gasteiger partial charge in [-0.2, -0.15) is 0 Å². The molecule has 5 rings (SSSR count). The van der Waals surface area contributed by atoms with E-state index in [0.717, 1.165) is 55.5 Å². The zero-order chi connectivity index (χ0) is 21.9. The number of thiazole rings is 1. The number of nitrogens with zero attached hydrogens (tertiary/aromatic N) is 2. The molecule has 7 nitrogen and oxygen atoms in total. The van der Waals surface area contributed by atoms with E-state index in [4.69, 9.17) is 9.72 Å². The first-order valence-corrected chi connectivity index (χ1v) is 11.6. The quantitative estimate of drug-likeness (QED) is 0.589. The number of hydrogen-bond donors (Lipinski definition) is 2. The number of benzene rings is 2. The van der Waals surface area contributed by atoms with Gasteiger partial charge in [0.25, 0.3) is 5.91 Å². The number of carbonyl (C=O) groups excluding carboxylic acids is 2. The Bertz CT molecular complexity index is 1100. The highest BCUT2D eigenvalue weighted by Gasteiger charge is 2.29. The summed E-state index contributed by atoms with van der Waals surface area (Å²) >= 11 is 1.64. The van der Waals surface area contributed by atoms with Crippen molar-refractivity contribution in [3.8, 4) is 11.3 Å². The molecule has 2 heterocycles. The minimum absolute atomic E-state index is 0.0551. The molecule has 3 aromatic rings. The summed E-state index contributed by atoms with van der Waals surface area (Å²) in [6.07, 6.45) is 1.92. The van der Waals surface area contributed by atoms with E-state index >= 15 is 0 Å². The number of rotatable bonds is 6. The van der Waals surface area contributed by atoms with E-state index in [-0.39, 0.29) is 17.7 Å². The van der Waals surface area contributed by atoms with Crippen molar-refractivity contribution in [1.82, 2.24) is 4.98 Å². The van der Waals surface area contributed by atoms with E-state index in [1.165, 1.54) is 0 Å². The maximum atomic E-state index is 12.6. The van der Waals surface area contributed by atoms with Crippen LogP contribution in [0, 0.1) is 5.92 Å². The third kappa shape index (κ3) is 4.81. The number of amides is 2. The molecule has 0 spiro atoms. The van der Waals surface area contributed by atoms with Gasteiger partial charge in [0.05, 0.1) is 18.9 Å². The van der Waals surface area contributed by atoms with Crippen molar-refractivity contribution in [2.75, 3.05) is 41.8 Å². The minimum Gasteiger partial charge on any atom is -0.378 e. The van der Waals surface area contributed by atoms with Gasteiger partial charge in [-0.3, -0.25) is 9.59 Å². The summed E-state index contributed by atoms with van der Waals surface area (Å²) in [6, 6.07) is 14.6. The van der Waals surface area contributed by atoms with Gasteiger partial charge in [-0.1, -0.05) is 12.1 Å². The molecule has 1 aromatic heterocycles. The summed E-state index contributed by atoms with van der Waals surface area (Å²) in [5, 5.41) is 8.86. The van der Waals surface area contributed by atoms with Crippen LogP contribution in [0.4, 0.5) is 16.5 Å². The van der Waals surface area contributed by atoms with Gasteiger partial charge in [-0.05, 0) is 49.2 Å². The van der Waals surface area contributed by atoms with Gasteiger partial charge in [-0.25, -0.2) is 4.98 Å². The molecule has 0 bridgehead atoms. The van der Waals surface area contributed by atoms with Crippen molar-refractivity contribution in [3.05, 3.63) is 59.5 Å². The number of carbonyl (C=O) groups is 2. The fourth-order valence-corrected chi connectivity index (χ4v) is 4.41. The molecule has 2 fully saturated rings. The first-order chi connectivity index (χ1) is 15.7. The predicted octanol–water partition coefficient (Wildman–Crippen LogP) is 4.25. The molecule has 2 N–H and O–H groups in total. The normalized spacial score (nSPS) is 15.9. The Morgan fingerprint density at radius 1 is 0.938 bits per heavy atom. The van der Waals surface area contributed by atoms with Gasteiger partial charge in [-0.15, -0.1) is 11.3 Å². The van der Waals surface area contributed by atoms with Crippen LogP contribution >= 0.6 is 11.3 Å². The Morgan fingerprint density at radius 2 is 1.59 bits per heavy atom. The predicted molar refractivity (Wildman–Crippen MR) is 126 cm³/mol. The number of hydrogen-bond acceptors (Lipinski definition) is 6. The zero-order valence-corrected chi connectivity index (χ0v) is 18.4. The van der Waals surface area contributed by atoms with Gasteiger partial charge in [0, 0.05) is 46.9 Å². The second-order valence-corrected chi connectivity index (χ2v) is 8.82. The minimum atomic E-state index is -0.193. The van der Waals surface area contributed by atoms with Crippen LogP contribution < -0.4 is 15.5 Å². The maximum Gasteiger partial charge on any atom is 0.255 e. The molecule has 1 saturated heterocycles. The number of aromatic nitrogens is 1. The molecular weight excluding hydrogens is 424 g/mol. The Kier molecular flexibility index (Phi) is 5.87. The van der Waals surface area contributed by atoms with E-state index in [2.05, 4.69) is 20.9 Å². The molecule has 2 amide bonds. The van der Waals surface area contributed by atoms with Crippen LogP contribution in [0.3, 0.4) is 0 Å². The first-order valence-electron chi connectivity index (χ1n) is 10.8. The van der Waals surface area contributed by atoms with E-state index in [0.29, 0.717) is 16.9 Å². The molecule has 0 unspecified atom stereocenters. The Morgan fingerprint density at radius 3 is 2.28 bits per heavy atom. The topological polar surface area (TPSA) is 83.6 Å². The lowest BCUT2D eigenvalue weighted by Gasteiger charge is -2.26. The molecule has 8 heteroatoms. The van der Waals surface area contributed by atoms with Crippen LogP contribution in [0.2, 0.25) is 0 Å². The molecule has 2 aromatic carbocycles. The molecule has 0 atom stereocenters. The van der Waals surface area contributed by atoms with Crippen LogP contribution in [0.15, 0.2) is 53.9 Å². The lowest BCUT2D eigenvalue weighted by Crippen LogP contribution is -2.36. The Hall–Kier alpha value is -3.23. The van der Waals surface area contributed by atoms with Crippen molar-refractivity contribution in [3.63, 3.8) is 0 Å². The van der Waals surface area contributed by atoms with Gasteiger partial charge in [0.1, 0.15) is 0 Å². The third-order valence-corrected chi connectivity index (χ3v) is 6.48. The second kappa shape index (κ2) is 9.10. The van der Waals surface area contributed by atoms with Crippen LogP contribution in [0.5, 0.6) is 0 Å². The van der Waals surface area contributed by atoms with Crippen molar-refractivity contribution in [1.29, 1.82) is 0 Å². The highest BCUT2D eigenvalue weighted by molar-refractivity contribution is 7.14. The summed E-state index contributed by atoms with van der Waals surface area (Å²) in [6.45, 7) is 3.21. The van der Waals surface area contributed by atoms with Crippen LogP contribution in [0.1, 0.15) is 23.2 Å². The summed E-state index contributed by atoms with van der Waals surface area (Å²) in [5.41, 5.74) is 3.90. The molecule has 0 radical (unpaired) electrons. The average Bonchev–Trinajstić information content (AvgIpc) is 3.57. The molecule has 1 aliphatic heterocycles. The molecule has 2 aliphatic rings. The SMILES string of the molecule is O=C(Nc1ccc(-c2csc(N3CCOCC3)n2)cc1)c1ccc(NC(=O)C2CC2)cc1. The van der Waals surface area contributed by atoms with E-state index in [1.54, 1.807) is 35.6 Å². The zero-order valence-electron chi connectivity index (χ0n) is 17.5. The lowest BCUT2D eigenvalue weighted by atomic mass is 10.1. The molecule has 1 saturated carbocycles. The largest absolute Gasteiger partial charge is 0.378 e. The molecule has 1 aliphatic carbocycles. The van der Waals surface area contributed by atoms with Crippen LogP contribution in [-0.4, -0.2) is 43.1 Å². The fourth-order valence-electron chi connectivity index (χ4n) is 3.52. The fraction of sp³-hybridized carbons (Fsp3) is 0.292. The molecule has 32 heavy (non-hydrogen) atoms. The van der Waals surface area contributed by atoms with E-state index < -0.39 is 0 Å². The van der Waals surface area contributed by atoms with E-state index in [1.807, 2.05) is 24.3 Å². The summed E-state index contributed by atoms with van der Waals surface area (Å²) in [7, 11) is 0. The van der Waals surface area contributed by atoms with E-state index in [9.17, 15) is 9.59 Å². The molecule has 164 valence electrons. The van der Waals surface area contributed by atoms with Gasteiger partial charge < -0.3 is 20.3 Å². The van der Waals surface area contributed by atoms with Crippen molar-refractivity contribution in [2.45, 2.75) is 12.8 Å². The van der Waals surface area contributed by atoms with Crippen LogP contribution in [-0.2, 0) is 9.53 Å². The highest BCUT2D eigenvalue weighted by Crippen LogP contribution is 2.30. The summed E-state index contributed by atoms with van der Waals surface area (Å²) in [4.78, 5) is 31.4. The Labute approximate surface area is 190 Å². The number of anilines is 3. The number of ether oxygens (including phenoxy) is 1. The monoisotopic (exact) mass is 448 g/mol. The van der Waals surface area contributed by atoms with Crippen molar-refractivity contribution in [2.24, 2.45) is 5.92 Å². The second-order valence-electron chi connectivity index (χ2n) is 7.99. The van der Waals surface area contributed by atoms with Crippen molar-refractivity contribution < 1.29 is 14.3 Å². The standard InChI is InChI=1S/C24H24N4O3S/c29-22(17-1-2-17)26-20-9-5-18(6-10-20)23(30)25-19-7-3-16(4-8-19)21-15-32-24(27-21)28-11-13-31-14-12-28/h3-10,15,17H,1-2,11-14H2,(H,25,30)(H,26,29). The summed E-state index contributed by atoms with van der Waals surface area (Å²) < 4.78 is 5.41. The van der Waals surface area contributed by atoms with Crippen molar-refractivity contribution >= 4 is 39.7 Å². The summed E-state index contributed by atoms with van der Waals surface area (Å²) in [5.74, 6) is 0.0109. The smallest absolute Gasteiger partial charge is 0.255 e. The van der Waals surface area contributed by atoms with Gasteiger partial charge in [0.15, 0.2) is 5.13 Å². The number of nitrogens with one attached hydrogen (secondary N) is 2. The molecular formula is C24H24N4O3S. The Balaban J connectivity index is 1.19. The van der Waals surface area contributed by atoms with Gasteiger partial charge in [0.2, 0.25) is 5.91 Å². The highest BCUT2D eigenvalue weighted by atomic mass is 32.1. The maximum absolute atomic E-state index is 12.6. The van der Waals surface area contributed by atoms with Crippen LogP contribution in [0.25, 0.3) is 11.3 Å². The third-order valence-electron chi connectivity index (χ3n) is 5.57. The first kappa shape index (κ1) is 20.7. The van der Waals surface area contributed by atoms with Gasteiger partial charge >= 0.3 is 0 Å². The number of morpholine rings is 1. The average molecular weight is 449 g/mol. The lowest BCUT2D eigenvalue weighted by molar-refractivity contribution is -0.117.